The molecule has 33 heavy (non-hydrogen) atoms. The fourth-order valence-corrected chi connectivity index (χ4v) is 3.11. The third kappa shape index (κ3) is 5.09. The Kier molecular flexibility index (Phi) is 6.91. The first kappa shape index (κ1) is 23.3. The second kappa shape index (κ2) is 9.81. The van der Waals surface area contributed by atoms with Crippen molar-refractivity contribution < 1.29 is 23.5 Å². The number of furan rings is 1. The van der Waals surface area contributed by atoms with Crippen molar-refractivity contribution in [2.45, 2.75) is 12.5 Å². The van der Waals surface area contributed by atoms with Gasteiger partial charge in [-0.1, -0.05) is 30.3 Å². The van der Waals surface area contributed by atoms with E-state index < -0.39 is 47.1 Å². The van der Waals surface area contributed by atoms with Gasteiger partial charge in [-0.15, -0.1) is 0 Å². The summed E-state index contributed by atoms with van der Waals surface area (Å²) in [5, 5.41) is 2.53. The summed E-state index contributed by atoms with van der Waals surface area (Å²) in [4.78, 5) is 62.0. The van der Waals surface area contributed by atoms with E-state index in [1.54, 1.807) is 30.3 Å². The van der Waals surface area contributed by atoms with Crippen molar-refractivity contribution in [3.8, 4) is 0 Å². The maximum atomic E-state index is 12.8. The molecule has 0 bridgehead atoms. The van der Waals surface area contributed by atoms with E-state index in [0.717, 1.165) is 14.7 Å². The van der Waals surface area contributed by atoms with Gasteiger partial charge in [0.1, 0.15) is 17.4 Å². The van der Waals surface area contributed by atoms with E-state index in [-0.39, 0.29) is 18.0 Å². The average molecular weight is 454 g/mol. The monoisotopic (exact) mass is 454 g/mol. The van der Waals surface area contributed by atoms with Gasteiger partial charge in [0.25, 0.3) is 11.5 Å². The second-order valence-corrected chi connectivity index (χ2v) is 7.19. The highest BCUT2D eigenvalue weighted by molar-refractivity contribution is 6.01. The maximum Gasteiger partial charge on any atom is 0.332 e. The van der Waals surface area contributed by atoms with Gasteiger partial charge in [0, 0.05) is 20.5 Å². The van der Waals surface area contributed by atoms with Crippen LogP contribution in [0.2, 0.25) is 0 Å². The van der Waals surface area contributed by atoms with Gasteiger partial charge in [0.15, 0.2) is 12.4 Å². The molecule has 172 valence electrons. The van der Waals surface area contributed by atoms with E-state index in [1.165, 1.54) is 32.5 Å². The van der Waals surface area contributed by atoms with Crippen LogP contribution in [0.15, 0.2) is 62.7 Å². The number of anilines is 1. The number of rotatable bonds is 8. The number of benzene rings is 1. The highest BCUT2D eigenvalue weighted by atomic mass is 16.5. The van der Waals surface area contributed by atoms with Gasteiger partial charge in [-0.25, -0.2) is 9.59 Å². The first-order chi connectivity index (χ1) is 15.7. The number of carbonyl (C=O) groups excluding carboxylic acids is 3. The molecule has 0 aliphatic heterocycles. The van der Waals surface area contributed by atoms with Crippen LogP contribution in [0.5, 0.6) is 0 Å². The van der Waals surface area contributed by atoms with Crippen molar-refractivity contribution in [2.75, 3.05) is 12.3 Å². The summed E-state index contributed by atoms with van der Waals surface area (Å²) >= 11 is 0. The molecule has 1 aromatic carbocycles. The van der Waals surface area contributed by atoms with Crippen LogP contribution in [0.25, 0.3) is 0 Å². The number of Topliss-reactive ketones (excluding diaryl/α,β-unsaturated/α-hetero) is 1. The number of nitrogens with one attached hydrogen (secondary N) is 1. The van der Waals surface area contributed by atoms with E-state index in [4.69, 9.17) is 14.9 Å². The summed E-state index contributed by atoms with van der Waals surface area (Å²) in [5.74, 6) is -2.75. The lowest BCUT2D eigenvalue weighted by Crippen LogP contribution is -2.44. The molecule has 2 heterocycles. The van der Waals surface area contributed by atoms with Crippen molar-refractivity contribution in [1.82, 2.24) is 14.5 Å². The Morgan fingerprint density at radius 3 is 2.39 bits per heavy atom. The number of ether oxygens (including phenoxy) is 1. The van der Waals surface area contributed by atoms with E-state index in [2.05, 4.69) is 5.32 Å². The normalized spacial score (nSPS) is 11.6. The summed E-state index contributed by atoms with van der Waals surface area (Å²) in [5.41, 5.74) is 4.44. The Hall–Kier alpha value is -4.41. The van der Waals surface area contributed by atoms with Crippen LogP contribution in [-0.4, -0.2) is 39.4 Å². The Balaban J connectivity index is 1.78. The van der Waals surface area contributed by atoms with Crippen molar-refractivity contribution in [3.63, 3.8) is 0 Å². The highest BCUT2D eigenvalue weighted by Gasteiger charge is 2.27. The SMILES string of the molecule is Cn1c(N)c(C(=O)COC(=O)C(Cc2ccccc2)NC(=O)c2ccco2)c(=O)n(C)c1=O. The zero-order valence-corrected chi connectivity index (χ0v) is 17.9. The zero-order valence-electron chi connectivity index (χ0n) is 17.9. The minimum absolute atomic E-state index is 0.00147. The summed E-state index contributed by atoms with van der Waals surface area (Å²) in [7, 11) is 2.51. The average Bonchev–Trinajstić information content (AvgIpc) is 3.35. The maximum absolute atomic E-state index is 12.8. The number of aromatic nitrogens is 2. The molecule has 1 amide bonds. The predicted octanol–water partition coefficient (Wildman–Crippen LogP) is 0.0264. The van der Waals surface area contributed by atoms with Gasteiger partial charge in [0.2, 0.25) is 5.78 Å². The summed E-state index contributed by atoms with van der Waals surface area (Å²) in [6, 6.07) is 10.7. The lowest BCUT2D eigenvalue weighted by Gasteiger charge is -2.17. The fourth-order valence-electron chi connectivity index (χ4n) is 3.11. The molecule has 3 rings (SSSR count). The zero-order chi connectivity index (χ0) is 24.1. The molecule has 0 saturated heterocycles. The van der Waals surface area contributed by atoms with Crippen LogP contribution in [0.1, 0.15) is 26.5 Å². The lowest BCUT2D eigenvalue weighted by molar-refractivity contribution is -0.144. The molecule has 1 atom stereocenters. The van der Waals surface area contributed by atoms with Crippen molar-refractivity contribution >= 4 is 23.5 Å². The van der Waals surface area contributed by atoms with Gasteiger partial charge in [0.05, 0.1) is 6.26 Å². The lowest BCUT2D eigenvalue weighted by atomic mass is 10.1. The molecule has 3 aromatic rings. The smallest absolute Gasteiger partial charge is 0.332 e. The van der Waals surface area contributed by atoms with Crippen LogP contribution >= 0.6 is 0 Å². The Morgan fingerprint density at radius 1 is 1.06 bits per heavy atom. The van der Waals surface area contributed by atoms with E-state index in [9.17, 15) is 24.0 Å². The third-order valence-corrected chi connectivity index (χ3v) is 4.95. The molecule has 0 spiro atoms. The van der Waals surface area contributed by atoms with Gasteiger partial charge in [-0.2, -0.15) is 0 Å². The molecular formula is C22H22N4O7. The second-order valence-electron chi connectivity index (χ2n) is 7.19. The Bertz CT molecular complexity index is 1290. The van der Waals surface area contributed by atoms with E-state index in [1.807, 2.05) is 0 Å². The number of ketones is 1. The van der Waals surface area contributed by atoms with Gasteiger partial charge in [-0.05, 0) is 17.7 Å². The topological polar surface area (TPSA) is 156 Å². The molecule has 11 nitrogen and oxygen atoms in total. The quantitative estimate of drug-likeness (QED) is 0.357. The predicted molar refractivity (Wildman–Crippen MR) is 117 cm³/mol. The highest BCUT2D eigenvalue weighted by Crippen LogP contribution is 2.09. The summed E-state index contributed by atoms with van der Waals surface area (Å²) in [6.07, 6.45) is 1.40. The van der Waals surface area contributed by atoms with Crippen LogP contribution in [0, 0.1) is 0 Å². The van der Waals surface area contributed by atoms with Gasteiger partial charge < -0.3 is 20.2 Å². The van der Waals surface area contributed by atoms with Crippen LogP contribution < -0.4 is 22.3 Å². The molecule has 0 aliphatic rings. The van der Waals surface area contributed by atoms with Crippen molar-refractivity contribution in [3.05, 3.63) is 86.5 Å². The van der Waals surface area contributed by atoms with Crippen molar-refractivity contribution in [2.24, 2.45) is 14.1 Å². The number of amides is 1. The molecule has 0 saturated carbocycles. The van der Waals surface area contributed by atoms with Crippen LogP contribution in [-0.2, 0) is 30.0 Å². The molecule has 0 fully saturated rings. The van der Waals surface area contributed by atoms with Crippen molar-refractivity contribution in [1.29, 1.82) is 0 Å². The minimum atomic E-state index is -1.14. The van der Waals surface area contributed by atoms with E-state index >= 15 is 0 Å². The molecule has 1 unspecified atom stereocenters. The van der Waals surface area contributed by atoms with Gasteiger partial charge >= 0.3 is 11.7 Å². The molecular weight excluding hydrogens is 432 g/mol. The standard InChI is InChI=1S/C22H22N4O7/c1-25-18(23)17(20(29)26(2)22(25)31)15(27)12-33-21(30)14(11-13-7-4-3-5-8-13)24-19(28)16-9-6-10-32-16/h3-10,14H,11-12,23H2,1-2H3,(H,24,28). The van der Waals surface area contributed by atoms with Crippen LogP contribution in [0.4, 0.5) is 5.82 Å². The fraction of sp³-hybridized carbons (Fsp3) is 0.227. The first-order valence-corrected chi connectivity index (χ1v) is 9.84. The number of hydrogen-bond acceptors (Lipinski definition) is 8. The largest absolute Gasteiger partial charge is 0.459 e. The molecule has 11 heteroatoms. The number of nitrogens with two attached hydrogens (primary N) is 1. The molecule has 0 radical (unpaired) electrons. The Morgan fingerprint density at radius 2 is 1.76 bits per heavy atom. The molecule has 2 aromatic heterocycles. The minimum Gasteiger partial charge on any atom is -0.459 e. The number of esters is 1. The number of hydrogen-bond donors (Lipinski definition) is 2. The molecule has 0 aliphatic carbocycles. The number of nitrogen functional groups attached to an aromatic ring is 1. The van der Waals surface area contributed by atoms with Crippen LogP contribution in [0.3, 0.4) is 0 Å². The number of nitrogens with zero attached hydrogens (tertiary/aromatic N) is 2. The molecule has 3 N–H and O–H groups in total. The third-order valence-electron chi connectivity index (χ3n) is 4.95. The summed E-state index contributed by atoms with van der Waals surface area (Å²) < 4.78 is 11.8. The Labute approximate surface area is 187 Å². The van der Waals surface area contributed by atoms with Gasteiger partial charge in [-0.3, -0.25) is 23.5 Å². The van der Waals surface area contributed by atoms with E-state index in [0.29, 0.717) is 0 Å². The first-order valence-electron chi connectivity index (χ1n) is 9.84. The number of carbonyl (C=O) groups is 3. The summed E-state index contributed by atoms with van der Waals surface area (Å²) in [6.45, 7) is -0.807.